The molecule has 1 aromatic heterocycles. The number of aromatic nitrogens is 1. The van der Waals surface area contributed by atoms with E-state index in [0.717, 1.165) is 14.7 Å². The lowest BCUT2D eigenvalue weighted by Crippen LogP contribution is -2.19. The van der Waals surface area contributed by atoms with Crippen molar-refractivity contribution in [3.8, 4) is 17.2 Å². The van der Waals surface area contributed by atoms with E-state index in [9.17, 15) is 4.79 Å². The number of hydrogen-bond acceptors (Lipinski definition) is 6. The smallest absolute Gasteiger partial charge is 0.279 e. The lowest BCUT2D eigenvalue weighted by Gasteiger charge is -2.16. The minimum Gasteiger partial charge on any atom is -0.490 e. The molecular weight excluding hydrogens is 496 g/mol. The van der Waals surface area contributed by atoms with Gasteiger partial charge in [-0.05, 0) is 51.1 Å². The van der Waals surface area contributed by atoms with Gasteiger partial charge in [-0.1, -0.05) is 27.3 Å². The molecule has 1 heterocycles. The van der Waals surface area contributed by atoms with Gasteiger partial charge in [0.25, 0.3) is 5.91 Å². The summed E-state index contributed by atoms with van der Waals surface area (Å²) in [4.78, 5) is 18.2. The summed E-state index contributed by atoms with van der Waals surface area (Å²) in [5.74, 6) is 1.04. The fourth-order valence-electron chi connectivity index (χ4n) is 3.19. The number of carbonyl (C=O) groups excluding carboxylic acids is 1. The number of benzene rings is 2. The van der Waals surface area contributed by atoms with Gasteiger partial charge in [-0.15, -0.1) is 0 Å². The average molecular weight is 523 g/mol. The third kappa shape index (κ3) is 5.51. The molecule has 9 heteroatoms. The van der Waals surface area contributed by atoms with Crippen molar-refractivity contribution in [3.63, 3.8) is 0 Å². The molecule has 7 nitrogen and oxygen atoms in total. The maximum atomic E-state index is 13.2. The van der Waals surface area contributed by atoms with E-state index in [2.05, 4.69) is 20.9 Å². The van der Waals surface area contributed by atoms with Crippen molar-refractivity contribution in [1.29, 1.82) is 0 Å². The molecule has 0 N–H and O–H groups in total. The monoisotopic (exact) mass is 522 g/mol. The van der Waals surface area contributed by atoms with Crippen molar-refractivity contribution in [1.82, 2.24) is 4.57 Å². The van der Waals surface area contributed by atoms with Gasteiger partial charge in [0.15, 0.2) is 16.3 Å². The minimum absolute atomic E-state index is 0.372. The number of nitrogens with zero attached hydrogens (tertiary/aromatic N) is 2. The Balaban J connectivity index is 2.11. The van der Waals surface area contributed by atoms with E-state index in [0.29, 0.717) is 60.6 Å². The van der Waals surface area contributed by atoms with Crippen molar-refractivity contribution >= 4 is 43.4 Å². The fourth-order valence-corrected chi connectivity index (χ4v) is 4.80. The first-order valence-electron chi connectivity index (χ1n) is 10.5. The number of halogens is 1. The van der Waals surface area contributed by atoms with Crippen LogP contribution in [-0.4, -0.2) is 44.0 Å². The number of carbonyl (C=O) groups is 1. The van der Waals surface area contributed by atoms with Gasteiger partial charge in [-0.25, -0.2) is 0 Å². The van der Waals surface area contributed by atoms with Crippen LogP contribution in [0.5, 0.6) is 17.2 Å². The van der Waals surface area contributed by atoms with Crippen LogP contribution in [-0.2, 0) is 11.3 Å². The molecule has 0 aliphatic rings. The second-order valence-electron chi connectivity index (χ2n) is 6.66. The topological polar surface area (TPSA) is 71.3 Å². The zero-order valence-corrected chi connectivity index (χ0v) is 21.0. The third-order valence-electron chi connectivity index (χ3n) is 4.52. The maximum Gasteiger partial charge on any atom is 0.279 e. The Morgan fingerprint density at radius 3 is 2.28 bits per heavy atom. The van der Waals surface area contributed by atoms with Crippen LogP contribution in [0.25, 0.3) is 10.2 Å². The second kappa shape index (κ2) is 11.5. The molecular formula is C23H27BrN2O5S. The Morgan fingerprint density at radius 1 is 1.03 bits per heavy atom. The summed E-state index contributed by atoms with van der Waals surface area (Å²) in [6.07, 6.45) is 0. The van der Waals surface area contributed by atoms with Crippen LogP contribution in [0.1, 0.15) is 31.1 Å². The van der Waals surface area contributed by atoms with E-state index >= 15 is 0 Å². The molecule has 0 bridgehead atoms. The quantitative estimate of drug-likeness (QED) is 0.372. The van der Waals surface area contributed by atoms with Gasteiger partial charge in [0.05, 0.1) is 36.6 Å². The summed E-state index contributed by atoms with van der Waals surface area (Å²) in [6.45, 7) is 8.06. The summed E-state index contributed by atoms with van der Waals surface area (Å²) in [5, 5.41) is 0. The van der Waals surface area contributed by atoms with Gasteiger partial charge in [0, 0.05) is 23.7 Å². The van der Waals surface area contributed by atoms with E-state index < -0.39 is 0 Å². The number of ether oxygens (including phenoxy) is 4. The molecule has 0 atom stereocenters. The molecule has 0 aliphatic carbocycles. The standard InChI is InChI=1S/C23H27BrN2O5S/c1-5-29-18-12-15(13-19(30-6-2)21(18)31-7-3)22(27)25-23-26(10-11-28-4)17-9-8-16(24)14-20(17)32-23/h8-9,12-14H,5-7,10-11H2,1-4H3. The van der Waals surface area contributed by atoms with Gasteiger partial charge < -0.3 is 23.5 Å². The normalized spacial score (nSPS) is 11.7. The van der Waals surface area contributed by atoms with Gasteiger partial charge in [-0.2, -0.15) is 4.99 Å². The molecule has 3 aromatic rings. The lowest BCUT2D eigenvalue weighted by molar-refractivity contribution is 0.0996. The molecule has 32 heavy (non-hydrogen) atoms. The summed E-state index contributed by atoms with van der Waals surface area (Å²) >= 11 is 4.96. The van der Waals surface area contributed by atoms with Crippen molar-refractivity contribution in [3.05, 3.63) is 45.2 Å². The van der Waals surface area contributed by atoms with Crippen LogP contribution >= 0.6 is 27.3 Å². The predicted molar refractivity (Wildman–Crippen MR) is 129 cm³/mol. The molecule has 172 valence electrons. The highest BCUT2D eigenvalue weighted by Crippen LogP contribution is 2.39. The number of hydrogen-bond donors (Lipinski definition) is 0. The van der Waals surface area contributed by atoms with Crippen molar-refractivity contribution in [2.75, 3.05) is 33.5 Å². The Labute approximate surface area is 199 Å². The average Bonchev–Trinajstić information content (AvgIpc) is 3.10. The van der Waals surface area contributed by atoms with Crippen molar-refractivity contribution in [2.45, 2.75) is 27.3 Å². The third-order valence-corrected chi connectivity index (χ3v) is 6.05. The van der Waals surface area contributed by atoms with E-state index in [-0.39, 0.29) is 5.91 Å². The molecule has 0 unspecified atom stereocenters. The summed E-state index contributed by atoms with van der Waals surface area (Å²) < 4.78 is 26.4. The fraction of sp³-hybridized carbons (Fsp3) is 0.391. The second-order valence-corrected chi connectivity index (χ2v) is 8.58. The van der Waals surface area contributed by atoms with Crippen LogP contribution in [0.2, 0.25) is 0 Å². The van der Waals surface area contributed by atoms with E-state index in [1.807, 2.05) is 43.5 Å². The number of amides is 1. The highest BCUT2D eigenvalue weighted by atomic mass is 79.9. The Kier molecular flexibility index (Phi) is 8.72. The highest BCUT2D eigenvalue weighted by molar-refractivity contribution is 9.10. The number of fused-ring (bicyclic) bond motifs is 1. The maximum absolute atomic E-state index is 13.2. The van der Waals surface area contributed by atoms with Crippen LogP contribution < -0.4 is 19.0 Å². The summed E-state index contributed by atoms with van der Waals surface area (Å²) in [7, 11) is 1.65. The van der Waals surface area contributed by atoms with Crippen LogP contribution in [0.4, 0.5) is 0 Å². The van der Waals surface area contributed by atoms with E-state index in [4.69, 9.17) is 18.9 Å². The lowest BCUT2D eigenvalue weighted by atomic mass is 10.1. The van der Waals surface area contributed by atoms with Gasteiger partial charge in [0.1, 0.15) is 0 Å². The SMILES string of the molecule is CCOc1cc(C(=O)N=c2sc3cc(Br)ccc3n2CCOC)cc(OCC)c1OCC. The number of methoxy groups -OCH3 is 1. The Morgan fingerprint density at radius 2 is 1.69 bits per heavy atom. The molecule has 0 saturated carbocycles. The van der Waals surface area contributed by atoms with Crippen molar-refractivity contribution < 1.29 is 23.7 Å². The van der Waals surface area contributed by atoms with Crippen LogP contribution in [0.15, 0.2) is 39.8 Å². The highest BCUT2D eigenvalue weighted by Gasteiger charge is 2.19. The molecule has 0 fully saturated rings. The zero-order valence-electron chi connectivity index (χ0n) is 18.6. The summed E-state index contributed by atoms with van der Waals surface area (Å²) in [6, 6.07) is 9.31. The van der Waals surface area contributed by atoms with E-state index in [1.165, 1.54) is 11.3 Å². The van der Waals surface area contributed by atoms with Crippen LogP contribution in [0.3, 0.4) is 0 Å². The predicted octanol–water partition coefficient (Wildman–Crippen LogP) is 5.05. The van der Waals surface area contributed by atoms with Gasteiger partial charge in [-0.3, -0.25) is 4.79 Å². The Hall–Kier alpha value is -2.36. The van der Waals surface area contributed by atoms with Crippen LogP contribution in [0, 0.1) is 0 Å². The largest absolute Gasteiger partial charge is 0.490 e. The number of rotatable bonds is 10. The first-order chi connectivity index (χ1) is 15.5. The first kappa shape index (κ1) is 24.3. The molecule has 1 amide bonds. The first-order valence-corrected chi connectivity index (χ1v) is 12.1. The van der Waals surface area contributed by atoms with Gasteiger partial charge in [0.2, 0.25) is 5.75 Å². The molecule has 0 radical (unpaired) electrons. The molecule has 2 aromatic carbocycles. The van der Waals surface area contributed by atoms with Gasteiger partial charge >= 0.3 is 0 Å². The molecule has 0 saturated heterocycles. The zero-order chi connectivity index (χ0) is 23.1. The summed E-state index contributed by atoms with van der Waals surface area (Å²) in [5.41, 5.74) is 1.37. The van der Waals surface area contributed by atoms with Crippen molar-refractivity contribution in [2.24, 2.45) is 4.99 Å². The molecule has 0 spiro atoms. The molecule has 0 aliphatic heterocycles. The Bertz CT molecular complexity index is 1130. The van der Waals surface area contributed by atoms with E-state index in [1.54, 1.807) is 19.2 Å². The minimum atomic E-state index is -0.383. The molecule has 3 rings (SSSR count). The number of thiazole rings is 1.